The molecule has 190 valence electrons. The van der Waals surface area contributed by atoms with Crippen molar-refractivity contribution in [2.45, 2.75) is 26.6 Å². The summed E-state index contributed by atoms with van der Waals surface area (Å²) in [5, 5.41) is 9.37. The number of aliphatic hydroxyl groups is 1. The normalized spacial score (nSPS) is 13.5. The van der Waals surface area contributed by atoms with Gasteiger partial charge in [-0.15, -0.1) is 0 Å². The number of aromatic nitrogens is 5. The van der Waals surface area contributed by atoms with E-state index in [1.165, 1.54) is 4.57 Å². The van der Waals surface area contributed by atoms with Gasteiger partial charge in [0.1, 0.15) is 28.9 Å². The third-order valence-corrected chi connectivity index (χ3v) is 6.26. The zero-order valence-electron chi connectivity index (χ0n) is 19.8. The number of anilines is 1. The largest absolute Gasteiger partial charge is 0.485 e. The lowest BCUT2D eigenvalue weighted by molar-refractivity contribution is 0.140. The van der Waals surface area contributed by atoms with Crippen molar-refractivity contribution >= 4 is 17.5 Å². The molecule has 0 aromatic carbocycles. The van der Waals surface area contributed by atoms with Crippen LogP contribution in [0.1, 0.15) is 17.0 Å². The van der Waals surface area contributed by atoms with Crippen LogP contribution in [0.25, 0.3) is 17.1 Å². The zero-order chi connectivity index (χ0) is 26.3. The highest BCUT2D eigenvalue weighted by molar-refractivity contribution is 6.31. The Kier molecular flexibility index (Phi) is 6.57. The number of ether oxygens (including phenoxy) is 1. The molecule has 0 radical (unpaired) electrons. The number of halogens is 3. The Bertz CT molecular complexity index is 1560. The summed E-state index contributed by atoms with van der Waals surface area (Å²) in [7, 11) is 0. The summed E-state index contributed by atoms with van der Waals surface area (Å²) in [5.41, 5.74) is 2.19. The molecule has 1 aliphatic rings. The third kappa shape index (κ3) is 4.87. The van der Waals surface area contributed by atoms with Gasteiger partial charge >= 0.3 is 0 Å². The van der Waals surface area contributed by atoms with Crippen LogP contribution in [0.3, 0.4) is 0 Å². The summed E-state index contributed by atoms with van der Waals surface area (Å²) >= 11 is 6.36. The van der Waals surface area contributed by atoms with E-state index in [9.17, 15) is 18.7 Å². The number of aryl methyl sites for hydroxylation is 2. The maximum atomic E-state index is 13.9. The number of pyridine rings is 3. The molecule has 4 aromatic heterocycles. The van der Waals surface area contributed by atoms with Crippen LogP contribution < -0.4 is 15.2 Å². The number of hydrogen-bond donors (Lipinski definition) is 1. The van der Waals surface area contributed by atoms with Gasteiger partial charge in [0.25, 0.3) is 5.56 Å². The fourth-order valence-corrected chi connectivity index (χ4v) is 4.13. The predicted octanol–water partition coefficient (Wildman–Crippen LogP) is 3.39. The lowest BCUT2D eigenvalue weighted by atomic mass is 10.1. The Morgan fingerprint density at radius 2 is 1.89 bits per heavy atom. The quantitative estimate of drug-likeness (QED) is 0.407. The van der Waals surface area contributed by atoms with Crippen molar-refractivity contribution in [2.24, 2.45) is 0 Å². The maximum Gasteiger partial charge on any atom is 0.277 e. The molecule has 5 rings (SSSR count). The monoisotopic (exact) mass is 526 g/mol. The minimum absolute atomic E-state index is 0.0510. The van der Waals surface area contributed by atoms with Crippen molar-refractivity contribution in [3.63, 3.8) is 0 Å². The van der Waals surface area contributed by atoms with Crippen molar-refractivity contribution in [1.82, 2.24) is 24.5 Å². The van der Waals surface area contributed by atoms with Crippen molar-refractivity contribution in [1.29, 1.82) is 0 Å². The Morgan fingerprint density at radius 1 is 1.11 bits per heavy atom. The Balaban J connectivity index is 1.47. The lowest BCUT2D eigenvalue weighted by Crippen LogP contribution is -2.51. The van der Waals surface area contributed by atoms with Crippen LogP contribution in [-0.2, 0) is 6.61 Å². The first-order chi connectivity index (χ1) is 17.7. The molecular weight excluding hydrogens is 506 g/mol. The van der Waals surface area contributed by atoms with Gasteiger partial charge in [0.05, 0.1) is 29.4 Å². The number of β-amino-alcohol motifs (C(OH)–C–C–N with tert-alkyl or cyclic N) is 1. The van der Waals surface area contributed by atoms with E-state index in [-0.39, 0.29) is 23.1 Å². The second kappa shape index (κ2) is 9.83. The van der Waals surface area contributed by atoms with E-state index in [2.05, 4.69) is 19.9 Å². The summed E-state index contributed by atoms with van der Waals surface area (Å²) in [5.74, 6) is -1.13. The summed E-state index contributed by atoms with van der Waals surface area (Å²) in [6.07, 6.45) is 3.73. The van der Waals surface area contributed by atoms with Crippen molar-refractivity contribution in [2.75, 3.05) is 18.0 Å². The van der Waals surface area contributed by atoms with Gasteiger partial charge in [-0.2, -0.15) is 0 Å². The standard InChI is InChI=1S/C25H21ClF2N6O3/c1-13-8-30-19(18-3-4-29-25(32-18)33-10-16(35)11-33)7-21(13)34-14(2)5-22(23(26)24(34)36)37-12-20-17(28)6-15(27)9-31-20/h3-9,16,35H,10-12H2,1-2H3. The van der Waals surface area contributed by atoms with Crippen molar-refractivity contribution in [3.05, 3.63) is 86.8 Å². The molecule has 4 aromatic rings. The van der Waals surface area contributed by atoms with Crippen LogP contribution >= 0.6 is 11.6 Å². The molecule has 37 heavy (non-hydrogen) atoms. The molecule has 0 unspecified atom stereocenters. The molecular formula is C25H21ClF2N6O3. The van der Waals surface area contributed by atoms with Gasteiger partial charge in [-0.3, -0.25) is 19.3 Å². The fraction of sp³-hybridized carbons (Fsp3) is 0.240. The molecule has 1 N–H and O–H groups in total. The SMILES string of the molecule is Cc1cnc(-c2ccnc(N3CC(O)C3)n2)cc1-n1c(C)cc(OCc2ncc(F)cc2F)c(Cl)c1=O. The van der Waals surface area contributed by atoms with Gasteiger partial charge in [0.15, 0.2) is 5.82 Å². The first kappa shape index (κ1) is 24.7. The molecule has 1 fully saturated rings. The molecule has 0 amide bonds. The number of aliphatic hydroxyl groups excluding tert-OH is 1. The van der Waals surface area contributed by atoms with Crippen LogP contribution in [0, 0.1) is 25.5 Å². The third-order valence-electron chi connectivity index (χ3n) is 5.91. The van der Waals surface area contributed by atoms with Gasteiger partial charge in [-0.1, -0.05) is 11.6 Å². The highest BCUT2D eigenvalue weighted by atomic mass is 35.5. The van der Waals surface area contributed by atoms with Crippen molar-refractivity contribution < 1.29 is 18.6 Å². The highest BCUT2D eigenvalue weighted by Gasteiger charge is 2.27. The highest BCUT2D eigenvalue weighted by Crippen LogP contribution is 2.28. The first-order valence-electron chi connectivity index (χ1n) is 11.3. The van der Waals surface area contributed by atoms with Gasteiger partial charge in [0.2, 0.25) is 5.95 Å². The summed E-state index contributed by atoms with van der Waals surface area (Å²) in [4.78, 5) is 32.1. The van der Waals surface area contributed by atoms with Crippen LogP contribution in [0.2, 0.25) is 5.02 Å². The molecule has 12 heteroatoms. The Morgan fingerprint density at radius 3 is 2.62 bits per heavy atom. The van der Waals surface area contributed by atoms with E-state index in [0.29, 0.717) is 47.9 Å². The smallest absolute Gasteiger partial charge is 0.277 e. The molecule has 0 aliphatic carbocycles. The summed E-state index contributed by atoms with van der Waals surface area (Å²) in [6, 6.07) is 5.70. The molecule has 9 nitrogen and oxygen atoms in total. The Hall–Kier alpha value is -3.96. The van der Waals surface area contributed by atoms with Crippen LogP contribution in [-0.4, -0.2) is 48.8 Å². The topological polar surface area (TPSA) is 106 Å². The average Bonchev–Trinajstić information content (AvgIpc) is 2.85. The van der Waals surface area contributed by atoms with Gasteiger partial charge in [-0.05, 0) is 31.5 Å². The van der Waals surface area contributed by atoms with Crippen molar-refractivity contribution in [3.8, 4) is 22.8 Å². The van der Waals surface area contributed by atoms with E-state index in [1.807, 2.05) is 11.8 Å². The first-order valence-corrected chi connectivity index (χ1v) is 11.7. The molecule has 1 aliphatic heterocycles. The maximum absolute atomic E-state index is 13.9. The number of nitrogens with zero attached hydrogens (tertiary/aromatic N) is 6. The summed E-state index contributed by atoms with van der Waals surface area (Å²) in [6.45, 7) is 4.10. The van der Waals surface area contributed by atoms with E-state index >= 15 is 0 Å². The minimum Gasteiger partial charge on any atom is -0.485 e. The molecule has 0 bridgehead atoms. The molecule has 0 atom stereocenters. The lowest BCUT2D eigenvalue weighted by Gasteiger charge is -2.35. The molecule has 0 saturated carbocycles. The summed E-state index contributed by atoms with van der Waals surface area (Å²) < 4.78 is 34.0. The van der Waals surface area contributed by atoms with Gasteiger partial charge in [-0.25, -0.2) is 18.7 Å². The van der Waals surface area contributed by atoms with E-state index in [0.717, 1.165) is 11.8 Å². The molecule has 1 saturated heterocycles. The average molecular weight is 527 g/mol. The van der Waals surface area contributed by atoms with Crippen LogP contribution in [0.4, 0.5) is 14.7 Å². The van der Waals surface area contributed by atoms with E-state index in [1.54, 1.807) is 37.5 Å². The predicted molar refractivity (Wildman–Crippen MR) is 132 cm³/mol. The molecule has 0 spiro atoms. The second-order valence-electron chi connectivity index (χ2n) is 8.63. The van der Waals surface area contributed by atoms with Gasteiger partial charge < -0.3 is 14.7 Å². The second-order valence-corrected chi connectivity index (χ2v) is 9.01. The van der Waals surface area contributed by atoms with Crippen LogP contribution in [0.15, 0.2) is 47.7 Å². The Labute approximate surface area is 215 Å². The number of hydrogen-bond acceptors (Lipinski definition) is 8. The van der Waals surface area contributed by atoms with Gasteiger partial charge in [0, 0.05) is 43.3 Å². The van der Waals surface area contributed by atoms with E-state index in [4.69, 9.17) is 16.3 Å². The fourth-order valence-electron chi connectivity index (χ4n) is 3.94. The zero-order valence-corrected chi connectivity index (χ0v) is 20.6. The van der Waals surface area contributed by atoms with E-state index < -0.39 is 23.3 Å². The minimum atomic E-state index is -0.862. The van der Waals surface area contributed by atoms with Crippen LogP contribution in [0.5, 0.6) is 5.75 Å². The number of rotatable bonds is 6. The molecule has 5 heterocycles.